The maximum absolute atomic E-state index is 5.99. The van der Waals surface area contributed by atoms with E-state index in [1.165, 1.54) is 76.8 Å². The molecular formula is C88H56N4. The van der Waals surface area contributed by atoms with Crippen molar-refractivity contribution in [2.45, 2.75) is 0 Å². The minimum absolute atomic E-state index is 0.800. The molecule has 0 N–H and O–H groups in total. The molecule has 18 aromatic rings. The Labute approximate surface area is 532 Å². The fourth-order valence-electron chi connectivity index (χ4n) is 14.3. The molecule has 0 atom stereocenters. The largest absolute Gasteiger partial charge is 0.309 e. The van der Waals surface area contributed by atoms with E-state index in [0.717, 1.165) is 100 Å². The standard InChI is InChI=1S/C88H56N4/c1-5-19-57(20-6-1)65-39-49-81-77(53-65)78-54-66(58-21-7-2-8-22-58)40-50-82(78)91(81)69-43-35-63(36-44-69)85-86(90-88-76(74-34-18-30-62-28-14-16-32-72(62)74)48-47-75(87(88)89-85)73-33-17-29-61-27-13-15-31-71(61)73)64-37-45-70(46-38-64)92-83-51-41-67(59-23-9-3-10-24-59)55-79(83)80-56-68(42-52-84(80)92)60-25-11-4-12-26-60/h1-56H. The van der Waals surface area contributed by atoms with Gasteiger partial charge in [0.1, 0.15) is 0 Å². The van der Waals surface area contributed by atoms with Gasteiger partial charge in [0, 0.05) is 55.2 Å². The van der Waals surface area contributed by atoms with Crippen molar-refractivity contribution in [3.05, 3.63) is 340 Å². The van der Waals surface area contributed by atoms with E-state index >= 15 is 0 Å². The fourth-order valence-corrected chi connectivity index (χ4v) is 14.3. The van der Waals surface area contributed by atoms with Crippen molar-refractivity contribution in [3.8, 4) is 101 Å². The van der Waals surface area contributed by atoms with Gasteiger partial charge in [-0.1, -0.05) is 267 Å². The summed E-state index contributed by atoms with van der Waals surface area (Å²) in [6, 6.07) is 123. The summed E-state index contributed by atoms with van der Waals surface area (Å²) in [4.78, 5) is 12.0. The lowest BCUT2D eigenvalue weighted by atomic mass is 9.91. The van der Waals surface area contributed by atoms with E-state index in [0.29, 0.717) is 0 Å². The zero-order valence-corrected chi connectivity index (χ0v) is 50.1. The van der Waals surface area contributed by atoms with Gasteiger partial charge in [-0.05, 0) is 150 Å². The van der Waals surface area contributed by atoms with Crippen LogP contribution in [0.5, 0.6) is 0 Å². The smallest absolute Gasteiger partial charge is 0.0979 e. The topological polar surface area (TPSA) is 35.6 Å². The minimum Gasteiger partial charge on any atom is -0.309 e. The summed E-state index contributed by atoms with van der Waals surface area (Å²) in [5, 5.41) is 9.48. The molecule has 3 heterocycles. The van der Waals surface area contributed by atoms with Crippen molar-refractivity contribution >= 4 is 76.2 Å². The highest BCUT2D eigenvalue weighted by atomic mass is 15.0. The monoisotopic (exact) mass is 1170 g/mol. The first-order valence-corrected chi connectivity index (χ1v) is 31.5. The van der Waals surface area contributed by atoms with Gasteiger partial charge >= 0.3 is 0 Å². The van der Waals surface area contributed by atoms with E-state index in [-0.39, 0.29) is 0 Å². The van der Waals surface area contributed by atoms with Crippen molar-refractivity contribution < 1.29 is 0 Å². The van der Waals surface area contributed by atoms with Gasteiger partial charge < -0.3 is 9.13 Å². The molecule has 0 aliphatic carbocycles. The van der Waals surface area contributed by atoms with Gasteiger partial charge in [0.2, 0.25) is 0 Å². The van der Waals surface area contributed by atoms with Gasteiger partial charge in [0.05, 0.1) is 44.5 Å². The van der Waals surface area contributed by atoms with Crippen LogP contribution in [0, 0.1) is 0 Å². The highest BCUT2D eigenvalue weighted by Gasteiger charge is 2.23. The Hall–Kier alpha value is -12.2. The van der Waals surface area contributed by atoms with E-state index in [9.17, 15) is 0 Å². The van der Waals surface area contributed by atoms with Crippen LogP contribution in [-0.4, -0.2) is 19.1 Å². The van der Waals surface area contributed by atoms with E-state index in [2.05, 4.69) is 349 Å². The van der Waals surface area contributed by atoms with Crippen LogP contribution in [0.15, 0.2) is 340 Å². The van der Waals surface area contributed by atoms with Gasteiger partial charge in [0.15, 0.2) is 0 Å². The van der Waals surface area contributed by atoms with Gasteiger partial charge in [-0.15, -0.1) is 0 Å². The van der Waals surface area contributed by atoms with Gasteiger partial charge in [-0.25, -0.2) is 9.97 Å². The van der Waals surface area contributed by atoms with Gasteiger partial charge in [-0.3, -0.25) is 0 Å². The molecule has 0 radical (unpaired) electrons. The maximum Gasteiger partial charge on any atom is 0.0979 e. The van der Waals surface area contributed by atoms with Crippen molar-refractivity contribution in [1.82, 2.24) is 19.1 Å². The number of fused-ring (bicyclic) bond motifs is 9. The maximum atomic E-state index is 5.99. The van der Waals surface area contributed by atoms with Gasteiger partial charge in [0.25, 0.3) is 0 Å². The molecule has 4 heteroatoms. The zero-order chi connectivity index (χ0) is 60.6. The molecule has 0 saturated heterocycles. The molecule has 0 aliphatic heterocycles. The molecule has 18 rings (SSSR count). The molecule has 0 fully saturated rings. The lowest BCUT2D eigenvalue weighted by Gasteiger charge is -2.18. The van der Waals surface area contributed by atoms with Crippen LogP contribution in [-0.2, 0) is 0 Å². The number of benzene rings is 15. The second kappa shape index (κ2) is 21.8. The Morgan fingerprint density at radius 3 is 0.793 bits per heavy atom. The normalized spacial score (nSPS) is 11.7. The average molecular weight is 1170 g/mol. The Bertz CT molecular complexity index is 5320. The fraction of sp³-hybridized carbons (Fsp3) is 0. The Morgan fingerprint density at radius 2 is 0.467 bits per heavy atom. The highest BCUT2D eigenvalue weighted by molar-refractivity contribution is 6.14. The predicted molar refractivity (Wildman–Crippen MR) is 387 cm³/mol. The highest BCUT2D eigenvalue weighted by Crippen LogP contribution is 2.45. The van der Waals surface area contributed by atoms with Crippen molar-refractivity contribution in [2.24, 2.45) is 0 Å². The minimum atomic E-state index is 0.800. The van der Waals surface area contributed by atoms with Crippen LogP contribution in [0.3, 0.4) is 0 Å². The van der Waals surface area contributed by atoms with Crippen LogP contribution in [0.1, 0.15) is 0 Å². The number of hydrogen-bond donors (Lipinski definition) is 0. The molecular weight excluding hydrogens is 1110 g/mol. The second-order valence-electron chi connectivity index (χ2n) is 24.0. The first kappa shape index (κ1) is 52.8. The third-order valence-corrected chi connectivity index (χ3v) is 18.7. The second-order valence-corrected chi connectivity index (χ2v) is 24.0. The Balaban J connectivity index is 0.849. The molecule has 3 aromatic heterocycles. The number of hydrogen-bond acceptors (Lipinski definition) is 2. The molecule has 0 bridgehead atoms. The molecule has 0 saturated carbocycles. The average Bonchev–Trinajstić information content (AvgIpc) is 1.42. The van der Waals surface area contributed by atoms with Crippen molar-refractivity contribution in [3.63, 3.8) is 0 Å². The molecule has 15 aromatic carbocycles. The summed E-state index contributed by atoms with van der Waals surface area (Å²) < 4.78 is 4.83. The number of nitrogens with zero attached hydrogens (tertiary/aromatic N) is 4. The third-order valence-electron chi connectivity index (χ3n) is 18.7. The summed E-state index contributed by atoms with van der Waals surface area (Å²) in [6.07, 6.45) is 0. The SMILES string of the molecule is c1ccc(-c2ccc3c(c2)c2cc(-c4ccccc4)ccc2n3-c2ccc(-c3nc4c(-c5cccc6ccccc56)ccc(-c5cccc6ccccc56)c4nc3-c3ccc(-n4c5ccc(-c6ccccc6)cc5c5cc(-c6ccccc6)ccc54)cc3)cc2)cc1. The summed E-state index contributed by atoms with van der Waals surface area (Å²) in [6.45, 7) is 0. The van der Waals surface area contributed by atoms with Crippen LogP contribution in [0.2, 0.25) is 0 Å². The van der Waals surface area contributed by atoms with E-state index in [1.807, 2.05) is 0 Å². The van der Waals surface area contributed by atoms with Crippen LogP contribution in [0.4, 0.5) is 0 Å². The van der Waals surface area contributed by atoms with E-state index in [4.69, 9.17) is 9.97 Å². The Kier molecular flexibility index (Phi) is 12.5. The quantitative estimate of drug-likeness (QED) is 0.137. The van der Waals surface area contributed by atoms with E-state index < -0.39 is 0 Å². The summed E-state index contributed by atoms with van der Waals surface area (Å²) in [5.41, 5.74) is 25.7. The van der Waals surface area contributed by atoms with Crippen molar-refractivity contribution in [2.75, 3.05) is 0 Å². The Morgan fingerprint density at radius 1 is 0.185 bits per heavy atom. The van der Waals surface area contributed by atoms with Crippen molar-refractivity contribution in [1.29, 1.82) is 0 Å². The predicted octanol–water partition coefficient (Wildman–Crippen LogP) is 23.5. The molecule has 0 aliphatic rings. The summed E-state index contributed by atoms with van der Waals surface area (Å²) in [7, 11) is 0. The summed E-state index contributed by atoms with van der Waals surface area (Å²) >= 11 is 0. The zero-order valence-electron chi connectivity index (χ0n) is 50.1. The lowest BCUT2D eigenvalue weighted by molar-refractivity contribution is 1.18. The molecule has 4 nitrogen and oxygen atoms in total. The first-order chi connectivity index (χ1) is 45.6. The molecule has 0 unspecified atom stereocenters. The lowest BCUT2D eigenvalue weighted by Crippen LogP contribution is -2.00. The van der Waals surface area contributed by atoms with Crippen LogP contribution in [0.25, 0.3) is 177 Å². The molecule has 0 amide bonds. The van der Waals surface area contributed by atoms with Crippen LogP contribution < -0.4 is 0 Å². The third kappa shape index (κ3) is 8.91. The molecule has 92 heavy (non-hydrogen) atoms. The number of rotatable bonds is 10. The van der Waals surface area contributed by atoms with Crippen LogP contribution >= 0.6 is 0 Å². The molecule has 428 valence electrons. The van der Waals surface area contributed by atoms with E-state index in [1.54, 1.807) is 0 Å². The number of aromatic nitrogens is 4. The van der Waals surface area contributed by atoms with Gasteiger partial charge in [-0.2, -0.15) is 0 Å². The first-order valence-electron chi connectivity index (χ1n) is 31.5. The molecule has 0 spiro atoms. The summed E-state index contributed by atoms with van der Waals surface area (Å²) in [5.74, 6) is 0.